The molecule has 0 amide bonds. The molecule has 86 valence electrons. The van der Waals surface area contributed by atoms with Gasteiger partial charge in [-0.05, 0) is 23.3 Å². The molecule has 17 heavy (non-hydrogen) atoms. The third kappa shape index (κ3) is 2.53. The number of hydrogen-bond donors (Lipinski definition) is 0. The van der Waals surface area contributed by atoms with E-state index < -0.39 is 0 Å². The minimum atomic E-state index is -0.206. The van der Waals surface area contributed by atoms with E-state index in [9.17, 15) is 4.79 Å². The molecule has 0 radical (unpaired) electrons. The topological polar surface area (TPSA) is 26.3 Å². The number of benzene rings is 2. The van der Waals surface area contributed by atoms with Crippen molar-refractivity contribution in [3.8, 4) is 5.75 Å². The van der Waals surface area contributed by atoms with Crippen LogP contribution in [0.2, 0.25) is 0 Å². The van der Waals surface area contributed by atoms with Gasteiger partial charge in [0.25, 0.3) is 0 Å². The van der Waals surface area contributed by atoms with E-state index in [0.29, 0.717) is 0 Å². The molecule has 0 heterocycles. The van der Waals surface area contributed by atoms with Gasteiger partial charge in [-0.25, -0.2) is 0 Å². The van der Waals surface area contributed by atoms with E-state index in [4.69, 9.17) is 4.74 Å². The normalized spacial score (nSPS) is 11.8. The molecule has 0 bridgehead atoms. The Labute approximate surface area is 101 Å². The Morgan fingerprint density at radius 1 is 0.941 bits per heavy atom. The second-order valence-electron chi connectivity index (χ2n) is 3.80. The molecular formula is C15H14O2. The van der Waals surface area contributed by atoms with Crippen molar-refractivity contribution in [2.45, 2.75) is 5.92 Å². The summed E-state index contributed by atoms with van der Waals surface area (Å²) in [6, 6.07) is 17.3. The standard InChI is InChI=1S/C15H14O2/c1-17-14-9-7-13(8-10-14)15(11-16)12-5-3-2-4-6-12/h2-11,15H,1H3. The van der Waals surface area contributed by atoms with Gasteiger partial charge in [0.15, 0.2) is 0 Å². The van der Waals surface area contributed by atoms with Gasteiger partial charge in [0.2, 0.25) is 0 Å². The van der Waals surface area contributed by atoms with E-state index in [1.807, 2.05) is 54.6 Å². The quantitative estimate of drug-likeness (QED) is 0.749. The first kappa shape index (κ1) is 11.4. The van der Waals surface area contributed by atoms with Gasteiger partial charge in [0.1, 0.15) is 12.0 Å². The van der Waals surface area contributed by atoms with Crippen LogP contribution in [0.4, 0.5) is 0 Å². The summed E-state index contributed by atoms with van der Waals surface area (Å²) in [5.74, 6) is 0.591. The lowest BCUT2D eigenvalue weighted by Gasteiger charge is -2.11. The van der Waals surface area contributed by atoms with Crippen LogP contribution in [-0.4, -0.2) is 13.4 Å². The van der Waals surface area contributed by atoms with Crippen molar-refractivity contribution in [2.24, 2.45) is 0 Å². The van der Waals surface area contributed by atoms with Gasteiger partial charge in [0.05, 0.1) is 13.0 Å². The fourth-order valence-electron chi connectivity index (χ4n) is 1.82. The van der Waals surface area contributed by atoms with Crippen LogP contribution in [-0.2, 0) is 4.79 Å². The molecule has 0 fully saturated rings. The Hall–Kier alpha value is -2.09. The van der Waals surface area contributed by atoms with Gasteiger partial charge in [-0.1, -0.05) is 42.5 Å². The lowest BCUT2D eigenvalue weighted by Crippen LogP contribution is -2.02. The van der Waals surface area contributed by atoms with Crippen LogP contribution in [0.25, 0.3) is 0 Å². The van der Waals surface area contributed by atoms with E-state index in [2.05, 4.69) is 0 Å². The molecule has 0 spiro atoms. The molecule has 0 saturated carbocycles. The third-order valence-electron chi connectivity index (χ3n) is 2.77. The monoisotopic (exact) mass is 226 g/mol. The fourth-order valence-corrected chi connectivity index (χ4v) is 1.82. The van der Waals surface area contributed by atoms with Crippen molar-refractivity contribution < 1.29 is 9.53 Å². The molecule has 0 saturated heterocycles. The zero-order chi connectivity index (χ0) is 12.1. The molecule has 0 aliphatic heterocycles. The maximum absolute atomic E-state index is 11.2. The largest absolute Gasteiger partial charge is 0.497 e. The zero-order valence-electron chi connectivity index (χ0n) is 9.67. The molecule has 2 nitrogen and oxygen atoms in total. The first-order chi connectivity index (χ1) is 8.35. The fraction of sp³-hybridized carbons (Fsp3) is 0.133. The molecule has 2 aromatic carbocycles. The molecule has 1 unspecified atom stereocenters. The number of rotatable bonds is 4. The predicted molar refractivity (Wildman–Crippen MR) is 67.3 cm³/mol. The van der Waals surface area contributed by atoms with Crippen LogP contribution in [0.1, 0.15) is 17.0 Å². The minimum Gasteiger partial charge on any atom is -0.497 e. The number of hydrogen-bond acceptors (Lipinski definition) is 2. The van der Waals surface area contributed by atoms with Crippen LogP contribution < -0.4 is 4.74 Å². The Morgan fingerprint density at radius 3 is 2.06 bits per heavy atom. The summed E-state index contributed by atoms with van der Waals surface area (Å²) in [6.45, 7) is 0. The van der Waals surface area contributed by atoms with E-state index in [1.54, 1.807) is 7.11 Å². The summed E-state index contributed by atoms with van der Waals surface area (Å²) < 4.78 is 5.10. The van der Waals surface area contributed by atoms with Crippen LogP contribution in [0.3, 0.4) is 0 Å². The summed E-state index contributed by atoms with van der Waals surface area (Å²) >= 11 is 0. The van der Waals surface area contributed by atoms with Crippen LogP contribution in [0.15, 0.2) is 54.6 Å². The Kier molecular flexibility index (Phi) is 3.55. The molecular weight excluding hydrogens is 212 g/mol. The average molecular weight is 226 g/mol. The second kappa shape index (κ2) is 5.30. The Morgan fingerprint density at radius 2 is 1.53 bits per heavy atom. The van der Waals surface area contributed by atoms with Crippen LogP contribution in [0.5, 0.6) is 5.75 Å². The van der Waals surface area contributed by atoms with Crippen LogP contribution >= 0.6 is 0 Å². The molecule has 2 aromatic rings. The van der Waals surface area contributed by atoms with E-state index in [0.717, 1.165) is 23.2 Å². The second-order valence-corrected chi connectivity index (χ2v) is 3.80. The molecule has 0 aromatic heterocycles. The number of aldehydes is 1. The first-order valence-electron chi connectivity index (χ1n) is 5.49. The van der Waals surface area contributed by atoms with Crippen molar-refractivity contribution in [1.82, 2.24) is 0 Å². The molecule has 0 N–H and O–H groups in total. The molecule has 2 rings (SSSR count). The SMILES string of the molecule is COc1ccc(C(C=O)c2ccccc2)cc1. The van der Waals surface area contributed by atoms with Crippen molar-refractivity contribution >= 4 is 6.29 Å². The highest BCUT2D eigenvalue weighted by Crippen LogP contribution is 2.24. The molecule has 0 aliphatic rings. The molecule has 1 atom stereocenters. The molecule has 2 heteroatoms. The minimum absolute atomic E-state index is 0.206. The van der Waals surface area contributed by atoms with E-state index in [-0.39, 0.29) is 5.92 Å². The van der Waals surface area contributed by atoms with Gasteiger partial charge in [0, 0.05) is 0 Å². The van der Waals surface area contributed by atoms with Gasteiger partial charge in [-0.15, -0.1) is 0 Å². The van der Waals surface area contributed by atoms with Gasteiger partial charge in [-0.3, -0.25) is 0 Å². The number of carbonyl (C=O) groups is 1. The van der Waals surface area contributed by atoms with Crippen LogP contribution in [0, 0.1) is 0 Å². The third-order valence-corrected chi connectivity index (χ3v) is 2.77. The average Bonchev–Trinajstić information content (AvgIpc) is 2.42. The number of methoxy groups -OCH3 is 1. The highest BCUT2D eigenvalue weighted by molar-refractivity contribution is 5.68. The first-order valence-corrected chi connectivity index (χ1v) is 5.49. The van der Waals surface area contributed by atoms with Gasteiger partial charge >= 0.3 is 0 Å². The number of carbonyl (C=O) groups excluding carboxylic acids is 1. The lowest BCUT2D eigenvalue weighted by molar-refractivity contribution is -0.108. The van der Waals surface area contributed by atoms with Crippen molar-refractivity contribution in [2.75, 3.05) is 7.11 Å². The highest BCUT2D eigenvalue weighted by atomic mass is 16.5. The van der Waals surface area contributed by atoms with E-state index >= 15 is 0 Å². The van der Waals surface area contributed by atoms with E-state index in [1.165, 1.54) is 0 Å². The Bertz CT molecular complexity index is 474. The summed E-state index contributed by atoms with van der Waals surface area (Å²) in [4.78, 5) is 11.2. The summed E-state index contributed by atoms with van der Waals surface area (Å²) in [7, 11) is 1.63. The molecule has 0 aliphatic carbocycles. The summed E-state index contributed by atoms with van der Waals surface area (Å²) in [5.41, 5.74) is 1.99. The van der Waals surface area contributed by atoms with Crippen molar-refractivity contribution in [3.05, 3.63) is 65.7 Å². The number of ether oxygens (including phenoxy) is 1. The van der Waals surface area contributed by atoms with Gasteiger partial charge in [-0.2, -0.15) is 0 Å². The smallest absolute Gasteiger partial charge is 0.131 e. The summed E-state index contributed by atoms with van der Waals surface area (Å²) in [6.07, 6.45) is 0.969. The predicted octanol–water partition coefficient (Wildman–Crippen LogP) is 3.03. The maximum atomic E-state index is 11.2. The maximum Gasteiger partial charge on any atom is 0.131 e. The van der Waals surface area contributed by atoms with Gasteiger partial charge < -0.3 is 9.53 Å². The Balaban J connectivity index is 2.32. The van der Waals surface area contributed by atoms with Crippen molar-refractivity contribution in [1.29, 1.82) is 0 Å². The lowest BCUT2D eigenvalue weighted by atomic mass is 9.93. The summed E-state index contributed by atoms with van der Waals surface area (Å²) in [5, 5.41) is 0. The van der Waals surface area contributed by atoms with Crippen molar-refractivity contribution in [3.63, 3.8) is 0 Å². The highest BCUT2D eigenvalue weighted by Gasteiger charge is 2.12. The zero-order valence-corrected chi connectivity index (χ0v) is 9.67.